The summed E-state index contributed by atoms with van der Waals surface area (Å²) in [5.74, 6) is -2.13. The van der Waals surface area contributed by atoms with Gasteiger partial charge in [0.1, 0.15) is 5.82 Å². The molecule has 2 aromatic rings. The summed E-state index contributed by atoms with van der Waals surface area (Å²) in [5.41, 5.74) is 1.25. The molecule has 0 spiro atoms. The number of nitrogens with zero attached hydrogens (tertiary/aromatic N) is 2. The Kier molecular flexibility index (Phi) is 7.36. The molecule has 1 aliphatic heterocycles. The van der Waals surface area contributed by atoms with Crippen LogP contribution in [0.1, 0.15) is 31.0 Å². The van der Waals surface area contributed by atoms with Crippen molar-refractivity contribution in [2.45, 2.75) is 19.9 Å². The highest BCUT2D eigenvalue weighted by Gasteiger charge is 2.42. The zero-order chi connectivity index (χ0) is 22.4. The van der Waals surface area contributed by atoms with Gasteiger partial charge < -0.3 is 14.9 Å². The molecule has 5 nitrogen and oxygen atoms in total. The summed E-state index contributed by atoms with van der Waals surface area (Å²) in [5, 5.41) is 10.6. The van der Waals surface area contributed by atoms with E-state index in [2.05, 4.69) is 4.90 Å². The van der Waals surface area contributed by atoms with E-state index in [9.17, 15) is 19.1 Å². The fourth-order valence-corrected chi connectivity index (χ4v) is 3.77. The van der Waals surface area contributed by atoms with Crippen LogP contribution < -0.4 is 0 Å². The molecule has 0 aromatic heterocycles. The van der Waals surface area contributed by atoms with Crippen molar-refractivity contribution in [3.8, 4) is 0 Å². The van der Waals surface area contributed by atoms with Crippen LogP contribution in [0.15, 0.2) is 72.0 Å². The smallest absolute Gasteiger partial charge is 0.290 e. The highest BCUT2D eigenvalue weighted by atomic mass is 19.1. The van der Waals surface area contributed by atoms with E-state index in [0.717, 1.165) is 18.7 Å². The number of likely N-dealkylation sites (N-methyl/N-ethyl adjacent to an activating group) is 1. The van der Waals surface area contributed by atoms with Crippen LogP contribution in [0.5, 0.6) is 0 Å². The maximum atomic E-state index is 14.0. The first-order valence-corrected chi connectivity index (χ1v) is 10.5. The SMILES string of the molecule is CCN(CC)CCN1C(=O)C(O)=C(C(=O)/C=C/c2ccccc2)[C@@H]1c1cccc(F)c1. The van der Waals surface area contributed by atoms with Crippen molar-refractivity contribution in [2.75, 3.05) is 26.2 Å². The second kappa shape index (κ2) is 10.2. The van der Waals surface area contributed by atoms with Crippen molar-refractivity contribution in [3.05, 3.63) is 88.9 Å². The van der Waals surface area contributed by atoms with Crippen LogP contribution in [-0.2, 0) is 9.59 Å². The fraction of sp³-hybridized carbons (Fsp3) is 0.280. The predicted molar refractivity (Wildman–Crippen MR) is 119 cm³/mol. The first kappa shape index (κ1) is 22.4. The van der Waals surface area contributed by atoms with E-state index in [1.807, 2.05) is 44.2 Å². The molecule has 0 bridgehead atoms. The van der Waals surface area contributed by atoms with E-state index >= 15 is 0 Å². The monoisotopic (exact) mass is 422 g/mol. The molecule has 0 aliphatic carbocycles. The van der Waals surface area contributed by atoms with Crippen LogP contribution in [0.3, 0.4) is 0 Å². The van der Waals surface area contributed by atoms with E-state index in [0.29, 0.717) is 18.7 Å². The standard InChI is InChI=1S/C25H27FN2O3/c1-3-27(4-2)15-16-28-23(19-11-8-12-20(26)17-19)22(24(30)25(28)31)21(29)14-13-18-9-6-5-7-10-18/h5-14,17,23,30H,3-4,15-16H2,1-2H3/b14-13+/t23-/m0/s1. The number of hydrogen-bond donors (Lipinski definition) is 1. The third kappa shape index (κ3) is 5.09. The van der Waals surface area contributed by atoms with Gasteiger partial charge in [-0.3, -0.25) is 9.59 Å². The number of benzene rings is 2. The van der Waals surface area contributed by atoms with Gasteiger partial charge >= 0.3 is 0 Å². The van der Waals surface area contributed by atoms with Crippen molar-refractivity contribution in [1.82, 2.24) is 9.80 Å². The zero-order valence-electron chi connectivity index (χ0n) is 17.8. The second-order valence-corrected chi connectivity index (χ2v) is 7.35. The van der Waals surface area contributed by atoms with E-state index in [1.54, 1.807) is 12.1 Å². The number of aliphatic hydroxyl groups excluding tert-OH is 1. The molecule has 0 radical (unpaired) electrons. The molecule has 6 heteroatoms. The molecule has 0 saturated heterocycles. The van der Waals surface area contributed by atoms with Crippen molar-refractivity contribution < 1.29 is 19.1 Å². The zero-order valence-corrected chi connectivity index (χ0v) is 17.8. The molecule has 1 amide bonds. The summed E-state index contributed by atoms with van der Waals surface area (Å²) in [6, 6.07) is 14.2. The van der Waals surface area contributed by atoms with Gasteiger partial charge in [-0.05, 0) is 42.4 Å². The molecule has 1 atom stereocenters. The maximum Gasteiger partial charge on any atom is 0.290 e. The van der Waals surface area contributed by atoms with E-state index in [-0.39, 0.29) is 5.57 Å². The number of amides is 1. The van der Waals surface area contributed by atoms with Crippen molar-refractivity contribution in [3.63, 3.8) is 0 Å². The van der Waals surface area contributed by atoms with Gasteiger partial charge in [0.2, 0.25) is 0 Å². The third-order valence-electron chi connectivity index (χ3n) is 5.51. The lowest BCUT2D eigenvalue weighted by Crippen LogP contribution is -2.38. The first-order valence-electron chi connectivity index (χ1n) is 10.5. The van der Waals surface area contributed by atoms with Gasteiger partial charge in [-0.1, -0.05) is 62.4 Å². The Morgan fingerprint density at radius 2 is 1.84 bits per heavy atom. The molecule has 0 saturated carbocycles. The van der Waals surface area contributed by atoms with E-state index < -0.39 is 29.3 Å². The Hall–Kier alpha value is -3.25. The Morgan fingerprint density at radius 1 is 1.13 bits per heavy atom. The molecule has 31 heavy (non-hydrogen) atoms. The van der Waals surface area contributed by atoms with Crippen LogP contribution in [-0.4, -0.2) is 52.8 Å². The Morgan fingerprint density at radius 3 is 2.48 bits per heavy atom. The summed E-state index contributed by atoms with van der Waals surface area (Å²) in [4.78, 5) is 29.5. The number of carbonyl (C=O) groups excluding carboxylic acids is 2. The molecule has 0 unspecified atom stereocenters. The van der Waals surface area contributed by atoms with Crippen LogP contribution >= 0.6 is 0 Å². The quantitative estimate of drug-likeness (QED) is 0.617. The van der Waals surface area contributed by atoms with Crippen molar-refractivity contribution >= 4 is 17.8 Å². The molecule has 0 fully saturated rings. The highest BCUT2D eigenvalue weighted by molar-refractivity contribution is 6.14. The molecular weight excluding hydrogens is 395 g/mol. The highest BCUT2D eigenvalue weighted by Crippen LogP contribution is 2.38. The summed E-state index contributed by atoms with van der Waals surface area (Å²) >= 11 is 0. The number of ketones is 1. The summed E-state index contributed by atoms with van der Waals surface area (Å²) in [6.07, 6.45) is 2.97. The van der Waals surface area contributed by atoms with Crippen LogP contribution in [0.4, 0.5) is 4.39 Å². The van der Waals surface area contributed by atoms with Crippen LogP contribution in [0, 0.1) is 5.82 Å². The van der Waals surface area contributed by atoms with Crippen molar-refractivity contribution in [2.24, 2.45) is 0 Å². The Balaban J connectivity index is 1.95. The van der Waals surface area contributed by atoms with E-state index in [1.165, 1.54) is 29.2 Å². The van der Waals surface area contributed by atoms with Gasteiger partial charge in [0.05, 0.1) is 11.6 Å². The number of halogens is 1. The normalized spacial score (nSPS) is 16.7. The van der Waals surface area contributed by atoms with Crippen LogP contribution in [0.25, 0.3) is 6.08 Å². The number of aliphatic hydroxyl groups is 1. The minimum Gasteiger partial charge on any atom is -0.503 e. The first-order chi connectivity index (χ1) is 15.0. The lowest BCUT2D eigenvalue weighted by atomic mass is 9.95. The number of hydrogen-bond acceptors (Lipinski definition) is 4. The van der Waals surface area contributed by atoms with Gasteiger partial charge in [0.25, 0.3) is 5.91 Å². The molecule has 3 rings (SSSR count). The lowest BCUT2D eigenvalue weighted by Gasteiger charge is -2.29. The third-order valence-corrected chi connectivity index (χ3v) is 5.51. The van der Waals surface area contributed by atoms with Crippen LogP contribution in [0.2, 0.25) is 0 Å². The Labute approximate surface area is 182 Å². The number of carbonyl (C=O) groups is 2. The van der Waals surface area contributed by atoms with Gasteiger partial charge in [-0.15, -0.1) is 0 Å². The topological polar surface area (TPSA) is 60.9 Å². The van der Waals surface area contributed by atoms with Gasteiger partial charge in [0.15, 0.2) is 11.5 Å². The molecule has 162 valence electrons. The van der Waals surface area contributed by atoms with Gasteiger partial charge in [0, 0.05) is 13.1 Å². The molecule has 1 N–H and O–H groups in total. The molecular formula is C25H27FN2O3. The summed E-state index contributed by atoms with van der Waals surface area (Å²) in [6.45, 7) is 6.57. The maximum absolute atomic E-state index is 14.0. The fourth-order valence-electron chi connectivity index (χ4n) is 3.77. The molecule has 2 aromatic carbocycles. The number of allylic oxidation sites excluding steroid dienone is 1. The number of rotatable bonds is 9. The molecule has 1 aliphatic rings. The average Bonchev–Trinajstić information content (AvgIpc) is 3.04. The minimum absolute atomic E-state index is 0.0256. The molecule has 1 heterocycles. The van der Waals surface area contributed by atoms with Gasteiger partial charge in [-0.25, -0.2) is 4.39 Å². The predicted octanol–water partition coefficient (Wildman–Crippen LogP) is 4.15. The second-order valence-electron chi connectivity index (χ2n) is 7.35. The van der Waals surface area contributed by atoms with Gasteiger partial charge in [-0.2, -0.15) is 0 Å². The Bertz CT molecular complexity index is 997. The van der Waals surface area contributed by atoms with E-state index in [4.69, 9.17) is 0 Å². The van der Waals surface area contributed by atoms with Crippen molar-refractivity contribution in [1.29, 1.82) is 0 Å². The summed E-state index contributed by atoms with van der Waals surface area (Å²) < 4.78 is 14.0. The average molecular weight is 423 g/mol. The summed E-state index contributed by atoms with van der Waals surface area (Å²) in [7, 11) is 0. The largest absolute Gasteiger partial charge is 0.503 e. The minimum atomic E-state index is -0.841. The lowest BCUT2D eigenvalue weighted by molar-refractivity contribution is -0.129.